The molecule has 132 valence electrons. The van der Waals surface area contributed by atoms with Crippen LogP contribution in [0.25, 0.3) is 0 Å². The lowest BCUT2D eigenvalue weighted by Crippen LogP contribution is -2.54. The summed E-state index contributed by atoms with van der Waals surface area (Å²) in [6, 6.07) is 8.23. The fraction of sp³-hybridized carbons (Fsp3) is 0.562. The van der Waals surface area contributed by atoms with Crippen LogP contribution >= 0.6 is 24.8 Å². The molecule has 1 aromatic carbocycles. The van der Waals surface area contributed by atoms with E-state index in [1.165, 1.54) is 0 Å². The van der Waals surface area contributed by atoms with Crippen molar-refractivity contribution in [2.75, 3.05) is 25.1 Å². The number of rotatable bonds is 4. The quantitative estimate of drug-likeness (QED) is 0.861. The van der Waals surface area contributed by atoms with Gasteiger partial charge in [0.15, 0.2) is 0 Å². The van der Waals surface area contributed by atoms with Gasteiger partial charge in [0.1, 0.15) is 5.75 Å². The van der Waals surface area contributed by atoms with Crippen molar-refractivity contribution in [3.63, 3.8) is 0 Å². The van der Waals surface area contributed by atoms with Crippen LogP contribution in [-0.4, -0.2) is 37.7 Å². The summed E-state index contributed by atoms with van der Waals surface area (Å²) in [6.07, 6.45) is 1.83. The summed E-state index contributed by atoms with van der Waals surface area (Å²) in [4.78, 5) is 14.2. The Morgan fingerprint density at radius 3 is 2.35 bits per heavy atom. The lowest BCUT2D eigenvalue weighted by atomic mass is 10.0. The highest BCUT2D eigenvalue weighted by molar-refractivity contribution is 5.86. The first-order valence-electron chi connectivity index (χ1n) is 7.39. The van der Waals surface area contributed by atoms with Crippen LogP contribution in [0.4, 0.5) is 5.69 Å². The van der Waals surface area contributed by atoms with Gasteiger partial charge in [-0.15, -0.1) is 24.8 Å². The van der Waals surface area contributed by atoms with Crippen LogP contribution < -0.4 is 20.7 Å². The molecule has 0 unspecified atom stereocenters. The van der Waals surface area contributed by atoms with Gasteiger partial charge in [0.05, 0.1) is 18.3 Å². The molecule has 1 heterocycles. The van der Waals surface area contributed by atoms with Gasteiger partial charge in [-0.25, -0.2) is 0 Å². The van der Waals surface area contributed by atoms with Crippen molar-refractivity contribution >= 4 is 36.4 Å². The molecule has 23 heavy (non-hydrogen) atoms. The molecule has 3 N–H and O–H groups in total. The smallest absolute Gasteiger partial charge is 0.239 e. The Labute approximate surface area is 150 Å². The fourth-order valence-electron chi connectivity index (χ4n) is 2.53. The molecule has 7 heteroatoms. The number of carbonyl (C=O) groups is 1. The van der Waals surface area contributed by atoms with Crippen LogP contribution in [0, 0.1) is 0 Å². The summed E-state index contributed by atoms with van der Waals surface area (Å²) < 4.78 is 5.41. The molecule has 0 bridgehead atoms. The molecule has 1 amide bonds. The van der Waals surface area contributed by atoms with E-state index in [1.54, 1.807) is 21.0 Å². The van der Waals surface area contributed by atoms with Crippen LogP contribution in [-0.2, 0) is 4.79 Å². The highest BCUT2D eigenvalue weighted by Crippen LogP contribution is 2.29. The molecule has 0 spiro atoms. The summed E-state index contributed by atoms with van der Waals surface area (Å²) in [5.41, 5.74) is 6.11. The molecule has 0 atom stereocenters. The van der Waals surface area contributed by atoms with Crippen molar-refractivity contribution in [1.82, 2.24) is 5.32 Å². The van der Waals surface area contributed by atoms with Crippen molar-refractivity contribution < 1.29 is 9.53 Å². The molecular formula is C16H27Cl2N3O2. The van der Waals surface area contributed by atoms with E-state index in [1.807, 2.05) is 18.2 Å². The van der Waals surface area contributed by atoms with E-state index in [0.717, 1.165) is 37.4 Å². The van der Waals surface area contributed by atoms with E-state index in [4.69, 9.17) is 10.5 Å². The van der Waals surface area contributed by atoms with Gasteiger partial charge in [0.25, 0.3) is 0 Å². The Bertz CT molecular complexity index is 498. The molecule has 1 saturated heterocycles. The number of nitrogens with two attached hydrogens (primary N) is 1. The molecular weight excluding hydrogens is 337 g/mol. The Kier molecular flexibility index (Phi) is 8.74. The Morgan fingerprint density at radius 1 is 1.26 bits per heavy atom. The lowest BCUT2D eigenvalue weighted by molar-refractivity contribution is -0.126. The maximum Gasteiger partial charge on any atom is 0.239 e. The summed E-state index contributed by atoms with van der Waals surface area (Å²) in [5.74, 6) is 0.807. The second-order valence-electron chi connectivity index (χ2n) is 6.13. The van der Waals surface area contributed by atoms with Gasteiger partial charge in [-0.2, -0.15) is 0 Å². The molecule has 0 aromatic heterocycles. The van der Waals surface area contributed by atoms with Crippen molar-refractivity contribution in [1.29, 1.82) is 0 Å². The van der Waals surface area contributed by atoms with E-state index in [9.17, 15) is 4.79 Å². The maximum absolute atomic E-state index is 11.9. The number of para-hydroxylation sites is 2. The number of hydrogen-bond acceptors (Lipinski definition) is 4. The topological polar surface area (TPSA) is 67.6 Å². The van der Waals surface area contributed by atoms with E-state index >= 15 is 0 Å². The molecule has 0 saturated carbocycles. The maximum atomic E-state index is 11.9. The first-order valence-corrected chi connectivity index (χ1v) is 7.39. The number of hydrogen-bond donors (Lipinski definition) is 2. The van der Waals surface area contributed by atoms with Crippen LogP contribution in [0.5, 0.6) is 5.75 Å². The normalized spacial score (nSPS) is 15.2. The predicted molar refractivity (Wildman–Crippen MR) is 99.1 cm³/mol. The first-order chi connectivity index (χ1) is 9.91. The minimum atomic E-state index is -0.820. The summed E-state index contributed by atoms with van der Waals surface area (Å²) in [5, 5.41) is 3.04. The Morgan fingerprint density at radius 2 is 1.83 bits per heavy atom. The van der Waals surface area contributed by atoms with Gasteiger partial charge in [0.2, 0.25) is 5.91 Å². The molecule has 2 rings (SSSR count). The van der Waals surface area contributed by atoms with Crippen LogP contribution in [0.15, 0.2) is 24.3 Å². The molecule has 0 aliphatic carbocycles. The number of nitrogens with one attached hydrogen (secondary N) is 1. The highest BCUT2D eigenvalue weighted by Gasteiger charge is 2.27. The number of ether oxygens (including phenoxy) is 1. The Balaban J connectivity index is 0.00000242. The molecule has 0 radical (unpaired) electrons. The average molecular weight is 364 g/mol. The van der Waals surface area contributed by atoms with Crippen LogP contribution in [0.2, 0.25) is 0 Å². The van der Waals surface area contributed by atoms with Crippen molar-refractivity contribution in [2.45, 2.75) is 38.3 Å². The number of anilines is 1. The number of piperidine rings is 1. The number of carbonyl (C=O) groups excluding carboxylic acids is 1. The van der Waals surface area contributed by atoms with Gasteiger partial charge in [-0.05, 0) is 38.8 Å². The van der Waals surface area contributed by atoms with Gasteiger partial charge in [-0.1, -0.05) is 12.1 Å². The zero-order chi connectivity index (χ0) is 15.5. The molecule has 1 aliphatic heterocycles. The summed E-state index contributed by atoms with van der Waals surface area (Å²) in [7, 11) is 1.69. The third kappa shape index (κ3) is 5.75. The number of nitrogens with zero attached hydrogens (tertiary/aromatic N) is 1. The minimum Gasteiger partial charge on any atom is -0.495 e. The van der Waals surface area contributed by atoms with E-state index in [2.05, 4.69) is 16.3 Å². The largest absolute Gasteiger partial charge is 0.495 e. The van der Waals surface area contributed by atoms with Gasteiger partial charge in [-0.3, -0.25) is 4.79 Å². The second-order valence-corrected chi connectivity index (χ2v) is 6.13. The third-order valence-corrected chi connectivity index (χ3v) is 3.84. The van der Waals surface area contributed by atoms with Gasteiger partial charge in [0, 0.05) is 19.1 Å². The van der Waals surface area contributed by atoms with Crippen LogP contribution in [0.3, 0.4) is 0 Å². The summed E-state index contributed by atoms with van der Waals surface area (Å²) >= 11 is 0. The first kappa shape index (κ1) is 21.8. The predicted octanol–water partition coefficient (Wildman–Crippen LogP) is 2.36. The van der Waals surface area contributed by atoms with Crippen LogP contribution in [0.1, 0.15) is 26.7 Å². The van der Waals surface area contributed by atoms with Crippen molar-refractivity contribution in [3.8, 4) is 5.75 Å². The van der Waals surface area contributed by atoms with Crippen molar-refractivity contribution in [3.05, 3.63) is 24.3 Å². The molecule has 5 nitrogen and oxygen atoms in total. The van der Waals surface area contributed by atoms with E-state index < -0.39 is 5.54 Å². The van der Waals surface area contributed by atoms with Crippen molar-refractivity contribution in [2.24, 2.45) is 5.73 Å². The van der Waals surface area contributed by atoms with E-state index in [-0.39, 0.29) is 36.8 Å². The zero-order valence-corrected chi connectivity index (χ0v) is 15.5. The average Bonchev–Trinajstić information content (AvgIpc) is 2.47. The SMILES string of the molecule is COc1ccccc1N1CCC(NC(=O)C(C)(C)N)CC1.Cl.Cl. The number of amides is 1. The van der Waals surface area contributed by atoms with E-state index in [0.29, 0.717) is 0 Å². The summed E-state index contributed by atoms with van der Waals surface area (Å²) in [6.45, 7) is 5.26. The number of benzene rings is 1. The van der Waals surface area contributed by atoms with Gasteiger partial charge < -0.3 is 20.7 Å². The number of methoxy groups -OCH3 is 1. The Hall–Kier alpha value is -1.17. The highest BCUT2D eigenvalue weighted by atomic mass is 35.5. The third-order valence-electron chi connectivity index (χ3n) is 3.84. The fourth-order valence-corrected chi connectivity index (χ4v) is 2.53. The molecule has 1 aliphatic rings. The van der Waals surface area contributed by atoms with Gasteiger partial charge >= 0.3 is 0 Å². The lowest BCUT2D eigenvalue weighted by Gasteiger charge is -2.35. The second kappa shape index (κ2) is 9.21. The number of halogens is 2. The zero-order valence-electron chi connectivity index (χ0n) is 13.9. The molecule has 1 aromatic rings. The standard InChI is InChI=1S/C16H25N3O2.2ClH/c1-16(2,17)15(20)18-12-8-10-19(11-9-12)13-6-4-5-7-14(13)21-3;;/h4-7,12H,8-11,17H2,1-3H3,(H,18,20);2*1H. The minimum absolute atomic E-state index is 0. The monoisotopic (exact) mass is 363 g/mol. The molecule has 1 fully saturated rings.